The van der Waals surface area contributed by atoms with E-state index in [-0.39, 0.29) is 4.90 Å². The van der Waals surface area contributed by atoms with Crippen molar-refractivity contribution in [2.75, 3.05) is 6.54 Å². The summed E-state index contributed by atoms with van der Waals surface area (Å²) in [5.74, 6) is -0.681. The Morgan fingerprint density at radius 2 is 1.84 bits per heavy atom. The molecule has 25 heavy (non-hydrogen) atoms. The van der Waals surface area contributed by atoms with Crippen LogP contribution in [0.4, 0.5) is 0 Å². The minimum atomic E-state index is -3.78. The number of benzene rings is 2. The second kappa shape index (κ2) is 7.99. The van der Waals surface area contributed by atoms with Crippen LogP contribution in [0.3, 0.4) is 0 Å². The number of hydrogen-bond donors (Lipinski definition) is 1. The molecular weight excluding hydrogens is 362 g/mol. The summed E-state index contributed by atoms with van der Waals surface area (Å²) in [7, 11) is -3.78. The number of esters is 1. The molecule has 1 N–H and O–H groups in total. The molecule has 0 saturated heterocycles. The largest absolute Gasteiger partial charge is 0.457 e. The van der Waals surface area contributed by atoms with Crippen molar-refractivity contribution in [1.29, 1.82) is 0 Å². The monoisotopic (exact) mass is 381 g/mol. The number of carbonyl (C=O) groups is 1. The summed E-state index contributed by atoms with van der Waals surface area (Å²) in [6.07, 6.45) is -0.577. The van der Waals surface area contributed by atoms with E-state index in [2.05, 4.69) is 4.72 Å². The molecular formula is C18H20ClNO4S. The number of sulfonamides is 1. The van der Waals surface area contributed by atoms with Crippen LogP contribution < -0.4 is 4.72 Å². The molecule has 0 aliphatic rings. The summed E-state index contributed by atoms with van der Waals surface area (Å²) in [6.45, 7) is 4.95. The first-order valence-corrected chi connectivity index (χ1v) is 9.57. The lowest BCUT2D eigenvalue weighted by Gasteiger charge is -2.15. The highest BCUT2D eigenvalue weighted by Crippen LogP contribution is 2.24. The first-order valence-electron chi connectivity index (χ1n) is 7.71. The Balaban J connectivity index is 1.99. The van der Waals surface area contributed by atoms with Crippen LogP contribution in [0.5, 0.6) is 0 Å². The van der Waals surface area contributed by atoms with Gasteiger partial charge in [0.2, 0.25) is 10.0 Å². The Morgan fingerprint density at radius 1 is 1.16 bits per heavy atom. The highest BCUT2D eigenvalue weighted by Gasteiger charge is 2.19. The van der Waals surface area contributed by atoms with E-state index in [0.717, 1.165) is 11.1 Å². The molecule has 0 saturated carbocycles. The van der Waals surface area contributed by atoms with Gasteiger partial charge in [-0.25, -0.2) is 8.42 Å². The first-order chi connectivity index (χ1) is 11.7. The summed E-state index contributed by atoms with van der Waals surface area (Å²) in [4.78, 5) is 12.1. The number of rotatable bonds is 6. The van der Waals surface area contributed by atoms with Crippen LogP contribution in [0.1, 0.15) is 29.7 Å². The van der Waals surface area contributed by atoms with Crippen LogP contribution in [-0.4, -0.2) is 20.9 Å². The number of halogens is 1. The quantitative estimate of drug-likeness (QED) is 0.777. The van der Waals surface area contributed by atoms with Crippen molar-refractivity contribution in [3.63, 3.8) is 0 Å². The molecule has 0 aromatic heterocycles. The molecule has 0 amide bonds. The lowest BCUT2D eigenvalue weighted by atomic mass is 10.1. The molecule has 1 atom stereocenters. The predicted octanol–water partition coefficient (Wildman–Crippen LogP) is 3.54. The van der Waals surface area contributed by atoms with Crippen molar-refractivity contribution in [2.24, 2.45) is 0 Å². The molecule has 0 fully saturated rings. The Labute approximate surface area is 153 Å². The van der Waals surface area contributed by atoms with E-state index in [1.54, 1.807) is 43.3 Å². The van der Waals surface area contributed by atoms with E-state index in [1.807, 2.05) is 13.8 Å². The highest BCUT2D eigenvalue weighted by atomic mass is 35.5. The zero-order valence-electron chi connectivity index (χ0n) is 14.2. The van der Waals surface area contributed by atoms with Crippen LogP contribution in [-0.2, 0) is 19.6 Å². The third kappa shape index (κ3) is 5.04. The normalized spacial score (nSPS) is 12.6. The zero-order valence-corrected chi connectivity index (χ0v) is 15.8. The van der Waals surface area contributed by atoms with Gasteiger partial charge >= 0.3 is 5.97 Å². The van der Waals surface area contributed by atoms with Crippen molar-refractivity contribution in [1.82, 2.24) is 4.72 Å². The van der Waals surface area contributed by atoms with Gasteiger partial charge in [0.1, 0.15) is 12.6 Å². The number of ether oxygens (including phenoxy) is 1. The molecule has 0 bridgehead atoms. The Hall–Kier alpha value is -1.89. The Kier molecular flexibility index (Phi) is 6.21. The molecule has 0 spiro atoms. The van der Waals surface area contributed by atoms with E-state index in [9.17, 15) is 13.2 Å². The van der Waals surface area contributed by atoms with Gasteiger partial charge in [0.15, 0.2) is 0 Å². The number of hydrogen-bond acceptors (Lipinski definition) is 4. The number of carbonyl (C=O) groups excluding carboxylic acids is 1. The van der Waals surface area contributed by atoms with E-state index in [0.29, 0.717) is 10.6 Å². The molecule has 2 rings (SSSR count). The van der Waals surface area contributed by atoms with Crippen LogP contribution in [0.15, 0.2) is 47.4 Å². The SMILES string of the molecule is Cc1ccc(S(=O)(=O)NCC(=O)O[C@H](C)c2ccccc2Cl)cc1C. The van der Waals surface area contributed by atoms with E-state index < -0.39 is 28.6 Å². The molecule has 0 aliphatic carbocycles. The van der Waals surface area contributed by atoms with Gasteiger partial charge in [-0.2, -0.15) is 4.72 Å². The van der Waals surface area contributed by atoms with Crippen molar-refractivity contribution >= 4 is 27.6 Å². The van der Waals surface area contributed by atoms with Gasteiger partial charge in [0.05, 0.1) is 4.90 Å². The minimum absolute atomic E-state index is 0.113. The highest BCUT2D eigenvalue weighted by molar-refractivity contribution is 7.89. The van der Waals surface area contributed by atoms with Crippen LogP contribution >= 0.6 is 11.6 Å². The molecule has 134 valence electrons. The lowest BCUT2D eigenvalue weighted by molar-refractivity contribution is -0.147. The standard InChI is InChI=1S/C18H20ClNO4S/c1-12-8-9-15(10-13(12)2)25(22,23)20-11-18(21)24-14(3)16-6-4-5-7-17(16)19/h4-10,14,20H,11H2,1-3H3/t14-/m1/s1. The smallest absolute Gasteiger partial charge is 0.321 e. The van der Waals surface area contributed by atoms with Crippen molar-refractivity contribution in [3.05, 3.63) is 64.2 Å². The summed E-state index contributed by atoms with van der Waals surface area (Å²) in [5.41, 5.74) is 2.51. The fraction of sp³-hybridized carbons (Fsp3) is 0.278. The third-order valence-electron chi connectivity index (χ3n) is 3.85. The van der Waals surface area contributed by atoms with Gasteiger partial charge in [0, 0.05) is 10.6 Å². The van der Waals surface area contributed by atoms with Crippen molar-refractivity contribution in [2.45, 2.75) is 31.8 Å². The van der Waals surface area contributed by atoms with Gasteiger partial charge < -0.3 is 4.74 Å². The van der Waals surface area contributed by atoms with E-state index >= 15 is 0 Å². The average molecular weight is 382 g/mol. The zero-order chi connectivity index (χ0) is 18.6. The fourth-order valence-electron chi connectivity index (χ4n) is 2.23. The molecule has 0 radical (unpaired) electrons. The maximum absolute atomic E-state index is 12.3. The van der Waals surface area contributed by atoms with Crippen LogP contribution in [0.25, 0.3) is 0 Å². The van der Waals surface area contributed by atoms with E-state index in [1.165, 1.54) is 6.07 Å². The second-order valence-electron chi connectivity index (χ2n) is 5.72. The Morgan fingerprint density at radius 3 is 2.48 bits per heavy atom. The van der Waals surface area contributed by atoms with E-state index in [4.69, 9.17) is 16.3 Å². The molecule has 5 nitrogen and oxygen atoms in total. The third-order valence-corrected chi connectivity index (χ3v) is 5.59. The molecule has 0 heterocycles. The molecule has 0 unspecified atom stereocenters. The molecule has 7 heteroatoms. The molecule has 0 aliphatic heterocycles. The average Bonchev–Trinajstić information content (AvgIpc) is 2.56. The van der Waals surface area contributed by atoms with Gasteiger partial charge in [-0.15, -0.1) is 0 Å². The van der Waals surface area contributed by atoms with Gasteiger partial charge in [-0.1, -0.05) is 35.9 Å². The summed E-state index contributed by atoms with van der Waals surface area (Å²) >= 11 is 6.06. The lowest BCUT2D eigenvalue weighted by Crippen LogP contribution is -2.31. The van der Waals surface area contributed by atoms with Gasteiger partial charge in [-0.3, -0.25) is 4.79 Å². The predicted molar refractivity (Wildman–Crippen MR) is 97.1 cm³/mol. The van der Waals surface area contributed by atoms with Crippen LogP contribution in [0, 0.1) is 13.8 Å². The maximum atomic E-state index is 12.3. The summed E-state index contributed by atoms with van der Waals surface area (Å²) in [6, 6.07) is 11.8. The number of aryl methyl sites for hydroxylation is 2. The summed E-state index contributed by atoms with van der Waals surface area (Å²) in [5, 5.41) is 0.485. The fourth-order valence-corrected chi connectivity index (χ4v) is 3.57. The molecule has 2 aromatic rings. The number of nitrogens with one attached hydrogen (secondary N) is 1. The molecule has 2 aromatic carbocycles. The Bertz CT molecular complexity index is 880. The minimum Gasteiger partial charge on any atom is -0.457 e. The van der Waals surface area contributed by atoms with Crippen molar-refractivity contribution < 1.29 is 17.9 Å². The van der Waals surface area contributed by atoms with Gasteiger partial charge in [0.25, 0.3) is 0 Å². The topological polar surface area (TPSA) is 72.5 Å². The van der Waals surface area contributed by atoms with Crippen LogP contribution in [0.2, 0.25) is 5.02 Å². The van der Waals surface area contributed by atoms with Gasteiger partial charge in [-0.05, 0) is 50.1 Å². The van der Waals surface area contributed by atoms with Crippen molar-refractivity contribution in [3.8, 4) is 0 Å². The first kappa shape index (κ1) is 19.4. The second-order valence-corrected chi connectivity index (χ2v) is 7.90. The summed E-state index contributed by atoms with van der Waals surface area (Å²) < 4.78 is 32.0. The maximum Gasteiger partial charge on any atom is 0.321 e.